The third kappa shape index (κ3) is 4.64. The van der Waals surface area contributed by atoms with Crippen molar-refractivity contribution < 1.29 is 4.74 Å². The first kappa shape index (κ1) is 17.9. The molecular weight excluding hydrogens is 342 g/mol. The number of hydrogen-bond acceptors (Lipinski definition) is 8. The van der Waals surface area contributed by atoms with Gasteiger partial charge in [-0.15, -0.1) is 0 Å². The van der Waals surface area contributed by atoms with Gasteiger partial charge in [0.15, 0.2) is 0 Å². The highest BCUT2D eigenvalue weighted by Crippen LogP contribution is 2.22. The third-order valence-electron chi connectivity index (χ3n) is 5.12. The minimum atomic E-state index is 0.0796. The average Bonchev–Trinajstić information content (AvgIpc) is 3.15. The number of piperidine rings is 1. The maximum atomic E-state index is 6.09. The van der Waals surface area contributed by atoms with Crippen molar-refractivity contribution in [1.82, 2.24) is 19.9 Å². The number of nitrogens with two attached hydrogens (primary N) is 1. The van der Waals surface area contributed by atoms with Gasteiger partial charge in [-0.25, -0.2) is 5.84 Å². The molecule has 1 aromatic heterocycles. The molecule has 1 atom stereocenters. The van der Waals surface area contributed by atoms with Crippen molar-refractivity contribution in [3.8, 4) is 6.01 Å². The molecule has 4 rings (SSSR count). The van der Waals surface area contributed by atoms with Crippen LogP contribution in [0.4, 0.5) is 11.9 Å². The fourth-order valence-corrected chi connectivity index (χ4v) is 3.73. The predicted molar refractivity (Wildman–Crippen MR) is 104 cm³/mol. The molecule has 2 aliphatic rings. The lowest BCUT2D eigenvalue weighted by atomic mass is 10.1. The molecule has 0 aliphatic carbocycles. The van der Waals surface area contributed by atoms with Gasteiger partial charge in [-0.1, -0.05) is 30.3 Å². The summed E-state index contributed by atoms with van der Waals surface area (Å²) in [6.07, 6.45) is 4.61. The highest BCUT2D eigenvalue weighted by atomic mass is 16.5. The Morgan fingerprint density at radius 2 is 1.85 bits per heavy atom. The van der Waals surface area contributed by atoms with Crippen LogP contribution >= 0.6 is 0 Å². The predicted octanol–water partition coefficient (Wildman–Crippen LogP) is 1.80. The highest BCUT2D eigenvalue weighted by molar-refractivity contribution is 5.38. The van der Waals surface area contributed by atoms with Gasteiger partial charge in [-0.2, -0.15) is 15.0 Å². The zero-order valence-corrected chi connectivity index (χ0v) is 15.5. The molecule has 3 N–H and O–H groups in total. The normalized spacial score (nSPS) is 20.6. The summed E-state index contributed by atoms with van der Waals surface area (Å²) >= 11 is 0. The van der Waals surface area contributed by atoms with Crippen molar-refractivity contribution in [3.63, 3.8) is 0 Å². The summed E-state index contributed by atoms with van der Waals surface area (Å²) in [5.74, 6) is 6.54. The number of hydrogen-bond donors (Lipinski definition) is 2. The van der Waals surface area contributed by atoms with Gasteiger partial charge in [-0.3, -0.25) is 10.3 Å². The van der Waals surface area contributed by atoms with E-state index in [4.69, 9.17) is 10.6 Å². The monoisotopic (exact) mass is 369 g/mol. The Morgan fingerprint density at radius 3 is 2.63 bits per heavy atom. The molecule has 8 nitrogen and oxygen atoms in total. The maximum absolute atomic E-state index is 6.09. The molecule has 3 heterocycles. The van der Waals surface area contributed by atoms with Crippen LogP contribution in [0.1, 0.15) is 31.2 Å². The first-order chi connectivity index (χ1) is 13.3. The van der Waals surface area contributed by atoms with E-state index in [1.165, 1.54) is 12.0 Å². The van der Waals surface area contributed by atoms with E-state index < -0.39 is 0 Å². The fraction of sp³-hybridized carbons (Fsp3) is 0.526. The van der Waals surface area contributed by atoms with Gasteiger partial charge >= 0.3 is 6.01 Å². The van der Waals surface area contributed by atoms with Crippen LogP contribution in [0.5, 0.6) is 6.01 Å². The molecule has 0 amide bonds. The molecule has 2 aliphatic heterocycles. The van der Waals surface area contributed by atoms with Crippen molar-refractivity contribution in [2.24, 2.45) is 5.84 Å². The molecule has 27 heavy (non-hydrogen) atoms. The van der Waals surface area contributed by atoms with Gasteiger partial charge in [0.05, 0.1) is 0 Å². The Balaban J connectivity index is 1.40. The van der Waals surface area contributed by atoms with Gasteiger partial charge in [0.1, 0.15) is 6.10 Å². The minimum absolute atomic E-state index is 0.0796. The number of likely N-dealkylation sites (tertiary alicyclic amines) is 1. The largest absolute Gasteiger partial charge is 0.459 e. The second-order valence-electron chi connectivity index (χ2n) is 7.18. The molecule has 144 valence electrons. The minimum Gasteiger partial charge on any atom is -0.459 e. The van der Waals surface area contributed by atoms with Gasteiger partial charge in [-0.05, 0) is 31.2 Å². The quantitative estimate of drug-likeness (QED) is 0.588. The Hall–Kier alpha value is -2.45. The first-order valence-corrected chi connectivity index (χ1v) is 9.71. The summed E-state index contributed by atoms with van der Waals surface area (Å²) in [4.78, 5) is 17.8. The first-order valence-electron chi connectivity index (χ1n) is 9.71. The van der Waals surface area contributed by atoms with Crippen LogP contribution in [0, 0.1) is 0 Å². The van der Waals surface area contributed by atoms with E-state index in [0.717, 1.165) is 52.0 Å². The van der Waals surface area contributed by atoms with E-state index >= 15 is 0 Å². The van der Waals surface area contributed by atoms with Crippen LogP contribution in [0.25, 0.3) is 0 Å². The Labute approximate surface area is 159 Å². The van der Waals surface area contributed by atoms with Crippen LogP contribution < -0.4 is 20.9 Å². The highest BCUT2D eigenvalue weighted by Gasteiger charge is 2.26. The summed E-state index contributed by atoms with van der Waals surface area (Å²) in [6, 6.07) is 10.9. The molecule has 0 saturated carbocycles. The van der Waals surface area contributed by atoms with Crippen molar-refractivity contribution in [2.45, 2.75) is 38.3 Å². The number of benzene rings is 1. The molecular formula is C19H27N7O. The SMILES string of the molecule is NNc1nc(OC2CCN(Cc3ccccc3)C2)nc(N2CCCCC2)n1. The average molecular weight is 369 g/mol. The Morgan fingerprint density at radius 1 is 1.04 bits per heavy atom. The zero-order valence-electron chi connectivity index (χ0n) is 15.5. The van der Waals surface area contributed by atoms with Gasteiger partial charge in [0.2, 0.25) is 11.9 Å². The number of anilines is 2. The molecule has 2 saturated heterocycles. The molecule has 1 aromatic carbocycles. The van der Waals surface area contributed by atoms with Crippen molar-refractivity contribution in [2.75, 3.05) is 36.5 Å². The fourth-order valence-electron chi connectivity index (χ4n) is 3.73. The molecule has 8 heteroatoms. The number of hydrazine groups is 1. The molecule has 2 fully saturated rings. The molecule has 2 aromatic rings. The van der Waals surface area contributed by atoms with E-state index in [1.807, 2.05) is 6.07 Å². The lowest BCUT2D eigenvalue weighted by Crippen LogP contribution is -2.32. The Bertz CT molecular complexity index is 736. The summed E-state index contributed by atoms with van der Waals surface area (Å²) in [6.45, 7) is 4.73. The molecule has 0 radical (unpaired) electrons. The van der Waals surface area contributed by atoms with E-state index in [1.54, 1.807) is 0 Å². The molecule has 1 unspecified atom stereocenters. The number of nitrogens with one attached hydrogen (secondary N) is 1. The topological polar surface area (TPSA) is 92.4 Å². The molecule has 0 spiro atoms. The summed E-state index contributed by atoms with van der Waals surface area (Å²) in [5.41, 5.74) is 3.85. The number of ether oxygens (including phenoxy) is 1. The van der Waals surface area contributed by atoms with Crippen LogP contribution in [0.2, 0.25) is 0 Å². The Kier molecular flexibility index (Phi) is 5.64. The molecule has 0 bridgehead atoms. The van der Waals surface area contributed by atoms with Crippen molar-refractivity contribution in [3.05, 3.63) is 35.9 Å². The van der Waals surface area contributed by atoms with Gasteiger partial charge in [0.25, 0.3) is 0 Å². The lowest BCUT2D eigenvalue weighted by Gasteiger charge is -2.27. The van der Waals surface area contributed by atoms with Crippen LogP contribution in [0.3, 0.4) is 0 Å². The van der Waals surface area contributed by atoms with Crippen LogP contribution in [0.15, 0.2) is 30.3 Å². The summed E-state index contributed by atoms with van der Waals surface area (Å²) < 4.78 is 6.09. The van der Waals surface area contributed by atoms with Crippen LogP contribution in [-0.4, -0.2) is 52.1 Å². The van der Waals surface area contributed by atoms with Crippen molar-refractivity contribution >= 4 is 11.9 Å². The maximum Gasteiger partial charge on any atom is 0.323 e. The van der Waals surface area contributed by atoms with Crippen molar-refractivity contribution in [1.29, 1.82) is 0 Å². The summed E-state index contributed by atoms with van der Waals surface area (Å²) in [7, 11) is 0. The smallest absolute Gasteiger partial charge is 0.323 e. The lowest BCUT2D eigenvalue weighted by molar-refractivity contribution is 0.183. The zero-order chi connectivity index (χ0) is 18.5. The number of nitrogen functional groups attached to an aromatic ring is 1. The van der Waals surface area contributed by atoms with Gasteiger partial charge in [0, 0.05) is 32.7 Å². The van der Waals surface area contributed by atoms with E-state index in [-0.39, 0.29) is 6.10 Å². The summed E-state index contributed by atoms with van der Waals surface area (Å²) in [5, 5.41) is 0. The number of aromatic nitrogens is 3. The van der Waals surface area contributed by atoms with E-state index in [2.05, 4.69) is 54.4 Å². The number of nitrogens with zero attached hydrogens (tertiary/aromatic N) is 5. The second kappa shape index (κ2) is 8.49. The second-order valence-corrected chi connectivity index (χ2v) is 7.18. The number of rotatable bonds is 6. The third-order valence-corrected chi connectivity index (χ3v) is 5.12. The van der Waals surface area contributed by atoms with Crippen LogP contribution in [-0.2, 0) is 6.54 Å². The van der Waals surface area contributed by atoms with Gasteiger partial charge < -0.3 is 9.64 Å². The van der Waals surface area contributed by atoms with E-state index in [9.17, 15) is 0 Å². The van der Waals surface area contributed by atoms with E-state index in [0.29, 0.717) is 17.9 Å². The standard InChI is InChI=1S/C19H27N7O/c20-24-17-21-18(26-10-5-2-6-11-26)23-19(22-17)27-16-9-12-25(14-16)13-15-7-3-1-4-8-15/h1,3-4,7-8,16H,2,5-6,9-14,20H2,(H,21,22,23,24).